The molecule has 2 atom stereocenters. The minimum absolute atomic E-state index is 0.146. The summed E-state index contributed by atoms with van der Waals surface area (Å²) in [7, 11) is 1.61. The molecule has 1 amide bonds. The van der Waals surface area contributed by atoms with Crippen molar-refractivity contribution in [3.63, 3.8) is 0 Å². The number of aryl methyl sites for hydroxylation is 1. The highest BCUT2D eigenvalue weighted by Gasteiger charge is 2.51. The van der Waals surface area contributed by atoms with E-state index in [0.29, 0.717) is 41.4 Å². The van der Waals surface area contributed by atoms with Crippen LogP contribution in [0.25, 0.3) is 5.69 Å². The fraction of sp³-hybridized carbons (Fsp3) is 0.346. The number of hydrogen-bond donors (Lipinski definition) is 0. The molecule has 7 nitrogen and oxygen atoms in total. The smallest absolute Gasteiger partial charge is 0.270 e. The average Bonchev–Trinajstić information content (AvgIpc) is 3.46. The maximum absolute atomic E-state index is 13.9. The van der Waals surface area contributed by atoms with Crippen LogP contribution in [0.1, 0.15) is 49.0 Å². The summed E-state index contributed by atoms with van der Waals surface area (Å²) in [5, 5.41) is 4.63. The van der Waals surface area contributed by atoms with Gasteiger partial charge in [-0.2, -0.15) is 0 Å². The van der Waals surface area contributed by atoms with Gasteiger partial charge in [-0.3, -0.25) is 4.79 Å². The van der Waals surface area contributed by atoms with Crippen molar-refractivity contribution in [3.8, 4) is 11.4 Å². The Hall–Kier alpha value is -3.39. The van der Waals surface area contributed by atoms with Gasteiger partial charge in [0.05, 0.1) is 36.6 Å². The molecule has 3 heterocycles. The Labute approximate surface area is 208 Å². The fourth-order valence-electron chi connectivity index (χ4n) is 4.88. The second kappa shape index (κ2) is 9.00. The van der Waals surface area contributed by atoms with Crippen LogP contribution in [0.3, 0.4) is 0 Å². The number of rotatable bonds is 5. The summed E-state index contributed by atoms with van der Waals surface area (Å²) in [5.41, 5.74) is 2.86. The number of aromatic nitrogens is 2. The number of oxime groups is 1. The molecule has 9 heteroatoms. The Morgan fingerprint density at radius 2 is 2.09 bits per heavy atom. The molecule has 0 saturated carbocycles. The third-order valence-electron chi connectivity index (χ3n) is 6.75. The number of halogens is 2. The van der Waals surface area contributed by atoms with Gasteiger partial charge in [0, 0.05) is 36.2 Å². The second-order valence-corrected chi connectivity index (χ2v) is 9.53. The molecule has 1 fully saturated rings. The maximum Gasteiger partial charge on any atom is 0.270 e. The van der Waals surface area contributed by atoms with Crippen LogP contribution < -0.4 is 4.74 Å². The Balaban J connectivity index is 1.38. The SMILES string of the molecule is COc1cc(C2=NOC3(CCCN(C(C)c4cc(F)cc(Cl)c4)C3=O)C2)ccc1-n1cnc(C)c1. The van der Waals surface area contributed by atoms with Crippen molar-refractivity contribution in [1.29, 1.82) is 0 Å². The summed E-state index contributed by atoms with van der Waals surface area (Å²) in [5.74, 6) is 0.0918. The van der Waals surface area contributed by atoms with E-state index < -0.39 is 11.4 Å². The molecule has 2 unspecified atom stereocenters. The van der Waals surface area contributed by atoms with Crippen LogP contribution in [0.4, 0.5) is 4.39 Å². The number of imidazole rings is 1. The number of carbonyl (C=O) groups excluding carboxylic acids is 1. The number of hydrogen-bond acceptors (Lipinski definition) is 5. The van der Waals surface area contributed by atoms with E-state index in [-0.39, 0.29) is 11.9 Å². The van der Waals surface area contributed by atoms with E-state index >= 15 is 0 Å². The van der Waals surface area contributed by atoms with Crippen molar-refractivity contribution in [2.24, 2.45) is 5.16 Å². The van der Waals surface area contributed by atoms with Crippen LogP contribution in [0.15, 0.2) is 54.1 Å². The highest BCUT2D eigenvalue weighted by molar-refractivity contribution is 6.30. The molecule has 2 aromatic carbocycles. The average molecular weight is 497 g/mol. The molecule has 0 N–H and O–H groups in total. The van der Waals surface area contributed by atoms with E-state index in [4.69, 9.17) is 21.2 Å². The van der Waals surface area contributed by atoms with Crippen LogP contribution in [0, 0.1) is 12.7 Å². The normalized spacial score (nSPS) is 20.7. The lowest BCUT2D eigenvalue weighted by Crippen LogP contribution is -2.54. The third kappa shape index (κ3) is 4.27. The first-order valence-electron chi connectivity index (χ1n) is 11.5. The van der Waals surface area contributed by atoms with Crippen molar-refractivity contribution in [3.05, 3.63) is 76.6 Å². The molecule has 182 valence electrons. The van der Waals surface area contributed by atoms with Gasteiger partial charge in [-0.15, -0.1) is 0 Å². The quantitative estimate of drug-likeness (QED) is 0.485. The first kappa shape index (κ1) is 23.4. The zero-order chi connectivity index (χ0) is 24.7. The van der Waals surface area contributed by atoms with E-state index in [9.17, 15) is 9.18 Å². The summed E-state index contributed by atoms with van der Waals surface area (Å²) in [6, 6.07) is 9.79. The molecule has 2 aliphatic heterocycles. The molecule has 1 spiro atoms. The van der Waals surface area contributed by atoms with E-state index in [1.54, 1.807) is 24.4 Å². The Morgan fingerprint density at radius 3 is 2.80 bits per heavy atom. The highest BCUT2D eigenvalue weighted by Crippen LogP contribution is 2.40. The number of methoxy groups -OCH3 is 1. The van der Waals surface area contributed by atoms with Crippen LogP contribution >= 0.6 is 11.6 Å². The molecular weight excluding hydrogens is 471 g/mol. The van der Waals surface area contributed by atoms with E-state index in [2.05, 4.69) is 10.1 Å². The summed E-state index contributed by atoms with van der Waals surface area (Å²) >= 11 is 6.05. The van der Waals surface area contributed by atoms with Crippen molar-refractivity contribution < 1.29 is 18.8 Å². The molecule has 35 heavy (non-hydrogen) atoms. The van der Waals surface area contributed by atoms with Crippen LogP contribution in [0.5, 0.6) is 5.75 Å². The largest absolute Gasteiger partial charge is 0.495 e. The zero-order valence-corrected chi connectivity index (χ0v) is 20.6. The summed E-state index contributed by atoms with van der Waals surface area (Å²) in [6.45, 7) is 4.36. The van der Waals surface area contributed by atoms with E-state index in [0.717, 1.165) is 23.4 Å². The molecule has 1 saturated heterocycles. The van der Waals surface area contributed by atoms with Gasteiger partial charge in [0.15, 0.2) is 0 Å². The van der Waals surface area contributed by atoms with Gasteiger partial charge in [-0.05, 0) is 56.2 Å². The topological polar surface area (TPSA) is 69.0 Å². The van der Waals surface area contributed by atoms with E-state index in [1.165, 1.54) is 12.1 Å². The molecule has 1 aromatic heterocycles. The standard InChI is InChI=1S/C26H26ClFN4O3/c1-16-14-31(15-29-16)23-6-5-18(11-24(23)34-3)22-13-26(35-30-22)7-4-8-32(25(26)33)17(2)19-9-20(27)12-21(28)10-19/h5-6,9-12,14-15,17H,4,7-8,13H2,1-3H3. The van der Waals surface area contributed by atoms with Crippen molar-refractivity contribution >= 4 is 23.2 Å². The molecular formula is C26H26ClFN4O3. The molecule has 0 radical (unpaired) electrons. The predicted octanol–water partition coefficient (Wildman–Crippen LogP) is 5.23. The van der Waals surface area contributed by atoms with Crippen LogP contribution in [0.2, 0.25) is 5.02 Å². The van der Waals surface area contributed by atoms with Gasteiger partial charge in [0.25, 0.3) is 5.91 Å². The predicted molar refractivity (Wildman–Crippen MR) is 131 cm³/mol. The molecule has 2 aliphatic rings. The Bertz CT molecular complexity index is 1300. The molecule has 5 rings (SSSR count). The third-order valence-corrected chi connectivity index (χ3v) is 6.97. The number of likely N-dealkylation sites (tertiary alicyclic amines) is 1. The molecule has 0 aliphatic carbocycles. The molecule has 3 aromatic rings. The number of nitrogens with zero attached hydrogens (tertiary/aromatic N) is 4. The van der Waals surface area contributed by atoms with Crippen LogP contribution in [-0.4, -0.2) is 45.3 Å². The van der Waals surface area contributed by atoms with Gasteiger partial charge >= 0.3 is 0 Å². The second-order valence-electron chi connectivity index (χ2n) is 9.09. The van der Waals surface area contributed by atoms with Crippen molar-refractivity contribution in [2.45, 2.75) is 44.8 Å². The highest BCUT2D eigenvalue weighted by atomic mass is 35.5. The number of piperidine rings is 1. The lowest BCUT2D eigenvalue weighted by atomic mass is 9.84. The molecule has 0 bridgehead atoms. The minimum atomic E-state index is -1.06. The summed E-state index contributed by atoms with van der Waals surface area (Å²) in [4.78, 5) is 25.5. The summed E-state index contributed by atoms with van der Waals surface area (Å²) in [6.07, 6.45) is 5.33. The number of ether oxygens (including phenoxy) is 1. The zero-order valence-electron chi connectivity index (χ0n) is 19.8. The van der Waals surface area contributed by atoms with Gasteiger partial charge < -0.3 is 19.0 Å². The van der Waals surface area contributed by atoms with Crippen LogP contribution in [-0.2, 0) is 9.63 Å². The van der Waals surface area contributed by atoms with E-state index in [1.807, 2.05) is 42.8 Å². The summed E-state index contributed by atoms with van der Waals surface area (Å²) < 4.78 is 21.5. The van der Waals surface area contributed by atoms with Gasteiger partial charge in [0.1, 0.15) is 11.6 Å². The van der Waals surface area contributed by atoms with Gasteiger partial charge in [-0.1, -0.05) is 22.8 Å². The lowest BCUT2D eigenvalue weighted by Gasteiger charge is -2.40. The lowest BCUT2D eigenvalue weighted by molar-refractivity contribution is -0.164. The monoisotopic (exact) mass is 496 g/mol. The van der Waals surface area contributed by atoms with Gasteiger partial charge in [0.2, 0.25) is 5.60 Å². The van der Waals surface area contributed by atoms with Gasteiger partial charge in [-0.25, -0.2) is 9.37 Å². The van der Waals surface area contributed by atoms with Crippen molar-refractivity contribution in [1.82, 2.24) is 14.5 Å². The number of amides is 1. The van der Waals surface area contributed by atoms with Crippen molar-refractivity contribution in [2.75, 3.05) is 13.7 Å². The Morgan fingerprint density at radius 1 is 1.26 bits per heavy atom. The maximum atomic E-state index is 13.9. The first-order chi connectivity index (χ1) is 16.8. The first-order valence-corrected chi connectivity index (χ1v) is 11.9. The Kier molecular flexibility index (Phi) is 6.01. The number of benzene rings is 2. The fourth-order valence-corrected chi connectivity index (χ4v) is 5.11. The number of carbonyl (C=O) groups is 1. The minimum Gasteiger partial charge on any atom is -0.495 e.